The highest BCUT2D eigenvalue weighted by Crippen LogP contribution is 2.24. The Morgan fingerprint density at radius 3 is 1.75 bits per heavy atom. The molecule has 0 amide bonds. The Labute approximate surface area is 102 Å². The number of hydrogen-bond donors (Lipinski definition) is 2. The summed E-state index contributed by atoms with van der Waals surface area (Å²) in [6.45, 7) is 0. The summed E-state index contributed by atoms with van der Waals surface area (Å²) in [6, 6.07) is 14.1. The smallest absolute Gasteiger partial charge is 0.115 e. The van der Waals surface area contributed by atoms with Crippen molar-refractivity contribution in [2.45, 2.75) is 6.10 Å². The predicted octanol–water partition coefficient (Wildman–Crippen LogP) is 3.24. The van der Waals surface area contributed by atoms with Gasteiger partial charge in [-0.25, -0.2) is 0 Å². The monoisotopic (exact) mass is 278 g/mol. The highest BCUT2D eigenvalue weighted by atomic mass is 79.9. The van der Waals surface area contributed by atoms with E-state index < -0.39 is 6.10 Å². The molecule has 0 spiro atoms. The van der Waals surface area contributed by atoms with Crippen molar-refractivity contribution in [2.24, 2.45) is 0 Å². The van der Waals surface area contributed by atoms with Gasteiger partial charge in [-0.2, -0.15) is 0 Å². The molecule has 82 valence electrons. The molecule has 2 rings (SSSR count). The second kappa shape index (κ2) is 4.68. The van der Waals surface area contributed by atoms with Crippen LogP contribution in [0.2, 0.25) is 0 Å². The first-order valence-corrected chi connectivity index (χ1v) is 5.68. The van der Waals surface area contributed by atoms with Gasteiger partial charge in [0.2, 0.25) is 0 Å². The number of benzene rings is 2. The lowest BCUT2D eigenvalue weighted by molar-refractivity contribution is 0.220. The van der Waals surface area contributed by atoms with E-state index >= 15 is 0 Å². The van der Waals surface area contributed by atoms with Crippen LogP contribution in [0.5, 0.6) is 5.75 Å². The maximum absolute atomic E-state index is 10.1. The van der Waals surface area contributed by atoms with Crippen LogP contribution in [0.25, 0.3) is 0 Å². The van der Waals surface area contributed by atoms with Crippen LogP contribution in [-0.4, -0.2) is 10.2 Å². The molecule has 1 unspecified atom stereocenters. The van der Waals surface area contributed by atoms with Crippen LogP contribution in [0.3, 0.4) is 0 Å². The van der Waals surface area contributed by atoms with E-state index in [4.69, 9.17) is 5.11 Å². The summed E-state index contributed by atoms with van der Waals surface area (Å²) in [5, 5.41) is 19.2. The Kier molecular flexibility index (Phi) is 3.27. The molecule has 3 heteroatoms. The molecular weight excluding hydrogens is 268 g/mol. The first-order valence-electron chi connectivity index (χ1n) is 4.89. The second-order valence-electron chi connectivity index (χ2n) is 3.55. The molecular formula is C13H11BrO2. The highest BCUT2D eigenvalue weighted by Gasteiger charge is 2.09. The fourth-order valence-corrected chi connectivity index (χ4v) is 1.76. The molecule has 2 nitrogen and oxygen atoms in total. The van der Waals surface area contributed by atoms with E-state index in [0.29, 0.717) is 0 Å². The molecule has 0 saturated carbocycles. The van der Waals surface area contributed by atoms with Crippen LogP contribution in [0.4, 0.5) is 0 Å². The zero-order chi connectivity index (χ0) is 11.5. The van der Waals surface area contributed by atoms with Gasteiger partial charge in [-0.3, -0.25) is 0 Å². The van der Waals surface area contributed by atoms with Crippen LogP contribution < -0.4 is 0 Å². The summed E-state index contributed by atoms with van der Waals surface area (Å²) >= 11 is 3.35. The molecule has 1 atom stereocenters. The van der Waals surface area contributed by atoms with Crippen molar-refractivity contribution in [3.8, 4) is 5.75 Å². The van der Waals surface area contributed by atoms with Crippen molar-refractivity contribution in [3.05, 3.63) is 64.1 Å². The molecule has 2 aromatic carbocycles. The molecule has 16 heavy (non-hydrogen) atoms. The van der Waals surface area contributed by atoms with Gasteiger partial charge in [0.1, 0.15) is 11.9 Å². The average Bonchev–Trinajstić information content (AvgIpc) is 2.30. The number of aliphatic hydroxyl groups excluding tert-OH is 1. The van der Waals surface area contributed by atoms with Crippen molar-refractivity contribution in [3.63, 3.8) is 0 Å². The van der Waals surface area contributed by atoms with E-state index in [9.17, 15) is 5.11 Å². The summed E-state index contributed by atoms with van der Waals surface area (Å²) < 4.78 is 0.981. The molecule has 0 fully saturated rings. The number of halogens is 1. The zero-order valence-electron chi connectivity index (χ0n) is 8.47. The number of aliphatic hydroxyl groups is 1. The maximum atomic E-state index is 10.1. The van der Waals surface area contributed by atoms with Gasteiger partial charge >= 0.3 is 0 Å². The van der Waals surface area contributed by atoms with E-state index in [1.807, 2.05) is 24.3 Å². The molecule has 0 radical (unpaired) electrons. The number of aromatic hydroxyl groups is 1. The van der Waals surface area contributed by atoms with E-state index in [2.05, 4.69) is 15.9 Å². The molecule has 0 saturated heterocycles. The van der Waals surface area contributed by atoms with Gasteiger partial charge in [0, 0.05) is 4.47 Å². The summed E-state index contributed by atoms with van der Waals surface area (Å²) in [5.41, 5.74) is 1.59. The van der Waals surface area contributed by atoms with Gasteiger partial charge in [0.25, 0.3) is 0 Å². The minimum Gasteiger partial charge on any atom is -0.508 e. The van der Waals surface area contributed by atoms with Crippen LogP contribution in [0.15, 0.2) is 53.0 Å². The first-order chi connectivity index (χ1) is 7.66. The Balaban J connectivity index is 2.28. The van der Waals surface area contributed by atoms with E-state index in [0.717, 1.165) is 15.6 Å². The standard InChI is InChI=1S/C13H11BrO2/c14-11-5-1-9(2-6-11)13(16)10-3-7-12(15)8-4-10/h1-8,13,15-16H. The summed E-state index contributed by atoms with van der Waals surface area (Å²) in [7, 11) is 0. The third-order valence-corrected chi connectivity index (χ3v) is 2.92. The van der Waals surface area contributed by atoms with Gasteiger partial charge in [-0.1, -0.05) is 40.2 Å². The minimum absolute atomic E-state index is 0.201. The van der Waals surface area contributed by atoms with Gasteiger partial charge in [0.15, 0.2) is 0 Å². The fraction of sp³-hybridized carbons (Fsp3) is 0.0769. The van der Waals surface area contributed by atoms with Crippen LogP contribution >= 0.6 is 15.9 Å². The number of hydrogen-bond acceptors (Lipinski definition) is 2. The topological polar surface area (TPSA) is 40.5 Å². The van der Waals surface area contributed by atoms with Crippen LogP contribution in [0, 0.1) is 0 Å². The Morgan fingerprint density at radius 1 is 0.812 bits per heavy atom. The third kappa shape index (κ3) is 2.43. The molecule has 0 aromatic heterocycles. The number of rotatable bonds is 2. The third-order valence-electron chi connectivity index (χ3n) is 2.39. The number of phenols is 1. The fourth-order valence-electron chi connectivity index (χ4n) is 1.49. The molecule has 0 heterocycles. The van der Waals surface area contributed by atoms with Gasteiger partial charge < -0.3 is 10.2 Å². The highest BCUT2D eigenvalue weighted by molar-refractivity contribution is 9.10. The predicted molar refractivity (Wildman–Crippen MR) is 66.3 cm³/mol. The van der Waals surface area contributed by atoms with Crippen LogP contribution in [0.1, 0.15) is 17.2 Å². The Hall–Kier alpha value is -1.32. The Bertz CT molecular complexity index is 417. The van der Waals surface area contributed by atoms with Gasteiger partial charge in [0.05, 0.1) is 0 Å². The average molecular weight is 279 g/mol. The van der Waals surface area contributed by atoms with Gasteiger partial charge in [-0.15, -0.1) is 0 Å². The second-order valence-corrected chi connectivity index (χ2v) is 4.46. The van der Waals surface area contributed by atoms with Crippen molar-refractivity contribution in [1.82, 2.24) is 0 Å². The van der Waals surface area contributed by atoms with Crippen molar-refractivity contribution >= 4 is 15.9 Å². The first kappa shape index (κ1) is 11.2. The SMILES string of the molecule is Oc1ccc(C(O)c2ccc(Br)cc2)cc1. The molecule has 0 aliphatic rings. The van der Waals surface area contributed by atoms with Crippen molar-refractivity contribution in [2.75, 3.05) is 0 Å². The van der Waals surface area contributed by atoms with E-state index in [-0.39, 0.29) is 5.75 Å². The maximum Gasteiger partial charge on any atom is 0.115 e. The molecule has 2 aromatic rings. The zero-order valence-corrected chi connectivity index (χ0v) is 10.1. The molecule has 0 aliphatic carbocycles. The van der Waals surface area contributed by atoms with Gasteiger partial charge in [-0.05, 0) is 35.4 Å². The number of phenolic OH excluding ortho intramolecular Hbond substituents is 1. The lowest BCUT2D eigenvalue weighted by atomic mass is 10.0. The largest absolute Gasteiger partial charge is 0.508 e. The van der Waals surface area contributed by atoms with E-state index in [1.165, 1.54) is 0 Å². The lowest BCUT2D eigenvalue weighted by Crippen LogP contribution is -1.98. The van der Waals surface area contributed by atoms with Crippen molar-refractivity contribution < 1.29 is 10.2 Å². The van der Waals surface area contributed by atoms with Crippen molar-refractivity contribution in [1.29, 1.82) is 0 Å². The summed E-state index contributed by atoms with van der Waals surface area (Å²) in [6.07, 6.45) is -0.659. The van der Waals surface area contributed by atoms with E-state index in [1.54, 1.807) is 24.3 Å². The normalized spacial score (nSPS) is 12.4. The van der Waals surface area contributed by atoms with Crippen LogP contribution in [-0.2, 0) is 0 Å². The molecule has 0 aliphatic heterocycles. The summed E-state index contributed by atoms with van der Waals surface area (Å²) in [4.78, 5) is 0. The minimum atomic E-state index is -0.659. The molecule has 2 N–H and O–H groups in total. The molecule has 0 bridgehead atoms. The quantitative estimate of drug-likeness (QED) is 0.886. The summed E-state index contributed by atoms with van der Waals surface area (Å²) in [5.74, 6) is 0.201. The Morgan fingerprint density at radius 2 is 1.25 bits per heavy atom. The lowest BCUT2D eigenvalue weighted by Gasteiger charge is -2.11.